The van der Waals surface area contributed by atoms with Crippen LogP contribution in [-0.4, -0.2) is 12.1 Å². The minimum atomic E-state index is -0.341. The number of aromatic amines is 1. The van der Waals surface area contributed by atoms with Gasteiger partial charge in [0.15, 0.2) is 0 Å². The second-order valence-corrected chi connectivity index (χ2v) is 4.22. The van der Waals surface area contributed by atoms with Gasteiger partial charge in [-0.05, 0) is 29.3 Å². The summed E-state index contributed by atoms with van der Waals surface area (Å²) >= 11 is 0. The Hall–Kier alpha value is -2.54. The molecule has 18 heavy (non-hydrogen) atoms. The lowest BCUT2D eigenvalue weighted by Crippen LogP contribution is -2.11. The van der Waals surface area contributed by atoms with Gasteiger partial charge in [0.05, 0.1) is 12.8 Å². The van der Waals surface area contributed by atoms with Gasteiger partial charge in [0.1, 0.15) is 17.4 Å². The summed E-state index contributed by atoms with van der Waals surface area (Å²) in [4.78, 5) is 14.4. The van der Waals surface area contributed by atoms with Crippen LogP contribution in [0.5, 0.6) is 5.75 Å². The number of pyridine rings is 1. The van der Waals surface area contributed by atoms with E-state index in [2.05, 4.69) is 4.98 Å². The van der Waals surface area contributed by atoms with Gasteiger partial charge >= 0.3 is 0 Å². The smallest absolute Gasteiger partial charge is 0.266 e. The van der Waals surface area contributed by atoms with Gasteiger partial charge < -0.3 is 9.72 Å². The molecule has 1 aliphatic rings. The summed E-state index contributed by atoms with van der Waals surface area (Å²) in [6.45, 7) is 0. The van der Waals surface area contributed by atoms with Crippen LogP contribution in [-0.2, 0) is 6.42 Å². The predicted molar refractivity (Wildman–Crippen MR) is 66.6 cm³/mol. The minimum absolute atomic E-state index is 0.161. The summed E-state index contributed by atoms with van der Waals surface area (Å²) in [5.41, 5.74) is 3.71. The molecule has 1 aromatic heterocycles. The number of hydrogen-bond donors (Lipinski definition) is 1. The SMILES string of the molecule is COc1ccc2c(c1)-c1[nH]c(=O)c(C#N)cc1C2. The summed E-state index contributed by atoms with van der Waals surface area (Å²) < 4.78 is 5.19. The monoisotopic (exact) mass is 238 g/mol. The Morgan fingerprint density at radius 3 is 2.89 bits per heavy atom. The second kappa shape index (κ2) is 3.74. The molecule has 0 unspecified atom stereocenters. The van der Waals surface area contributed by atoms with Gasteiger partial charge in [0.2, 0.25) is 0 Å². The topological polar surface area (TPSA) is 65.9 Å². The zero-order chi connectivity index (χ0) is 12.7. The number of nitrogens with one attached hydrogen (secondary N) is 1. The first-order valence-electron chi connectivity index (χ1n) is 5.56. The third-order valence-corrected chi connectivity index (χ3v) is 3.21. The molecule has 0 saturated carbocycles. The maximum Gasteiger partial charge on any atom is 0.266 e. The van der Waals surface area contributed by atoms with Gasteiger partial charge in [-0.1, -0.05) is 6.07 Å². The predicted octanol–water partition coefficient (Wildman–Crippen LogP) is 1.83. The molecular formula is C14H10N2O2. The van der Waals surface area contributed by atoms with Crippen molar-refractivity contribution in [3.8, 4) is 23.1 Å². The van der Waals surface area contributed by atoms with Crippen molar-refractivity contribution < 1.29 is 4.74 Å². The van der Waals surface area contributed by atoms with Crippen LogP contribution >= 0.6 is 0 Å². The fraction of sp³-hybridized carbons (Fsp3) is 0.143. The lowest BCUT2D eigenvalue weighted by molar-refractivity contribution is 0.415. The molecule has 0 atom stereocenters. The highest BCUT2D eigenvalue weighted by molar-refractivity contribution is 5.75. The van der Waals surface area contributed by atoms with Crippen molar-refractivity contribution in [2.24, 2.45) is 0 Å². The number of aromatic nitrogens is 1. The van der Waals surface area contributed by atoms with Crippen LogP contribution in [0.1, 0.15) is 16.7 Å². The van der Waals surface area contributed by atoms with E-state index < -0.39 is 0 Å². The van der Waals surface area contributed by atoms with Crippen molar-refractivity contribution in [3.05, 3.63) is 51.3 Å². The Kier molecular flexibility index (Phi) is 2.20. The summed E-state index contributed by atoms with van der Waals surface area (Å²) in [5.74, 6) is 0.756. The highest BCUT2D eigenvalue weighted by Crippen LogP contribution is 2.36. The standard InChI is InChI=1S/C14H10N2O2/c1-18-11-3-2-8-4-9-5-10(7-15)14(17)16-13(9)12(8)6-11/h2-3,5-6H,4H2,1H3,(H,16,17). The van der Waals surface area contributed by atoms with Crippen molar-refractivity contribution in [2.45, 2.75) is 6.42 Å². The lowest BCUT2D eigenvalue weighted by atomic mass is 10.1. The molecular weight excluding hydrogens is 228 g/mol. The van der Waals surface area contributed by atoms with Gasteiger partial charge in [-0.3, -0.25) is 4.79 Å². The van der Waals surface area contributed by atoms with Crippen LogP contribution in [0.3, 0.4) is 0 Å². The molecule has 1 aromatic carbocycles. The Bertz CT molecular complexity index is 738. The van der Waals surface area contributed by atoms with Crippen LogP contribution in [0.4, 0.5) is 0 Å². The van der Waals surface area contributed by atoms with Crippen LogP contribution in [0, 0.1) is 11.3 Å². The van der Waals surface area contributed by atoms with E-state index in [1.54, 1.807) is 13.2 Å². The number of fused-ring (bicyclic) bond motifs is 3. The normalized spacial score (nSPS) is 11.6. The van der Waals surface area contributed by atoms with E-state index in [1.165, 1.54) is 0 Å². The minimum Gasteiger partial charge on any atom is -0.497 e. The molecule has 4 nitrogen and oxygen atoms in total. The molecule has 3 rings (SSSR count). The molecule has 0 amide bonds. The van der Waals surface area contributed by atoms with Gasteiger partial charge in [0.25, 0.3) is 5.56 Å². The van der Waals surface area contributed by atoms with Gasteiger partial charge in [-0.15, -0.1) is 0 Å². The molecule has 2 aromatic rings. The average molecular weight is 238 g/mol. The van der Waals surface area contributed by atoms with E-state index in [4.69, 9.17) is 10.00 Å². The van der Waals surface area contributed by atoms with Crippen LogP contribution in [0.25, 0.3) is 11.3 Å². The number of nitrogens with zero attached hydrogens (tertiary/aromatic N) is 1. The van der Waals surface area contributed by atoms with Crippen LogP contribution in [0.2, 0.25) is 0 Å². The fourth-order valence-corrected chi connectivity index (χ4v) is 2.31. The van der Waals surface area contributed by atoms with E-state index >= 15 is 0 Å². The number of nitriles is 1. The largest absolute Gasteiger partial charge is 0.497 e. The van der Waals surface area contributed by atoms with Crippen LogP contribution in [0.15, 0.2) is 29.1 Å². The number of methoxy groups -OCH3 is 1. The zero-order valence-electron chi connectivity index (χ0n) is 9.78. The Balaban J connectivity index is 2.24. The third-order valence-electron chi connectivity index (χ3n) is 3.21. The molecule has 1 aliphatic carbocycles. The number of ether oxygens (including phenoxy) is 1. The first-order valence-corrected chi connectivity index (χ1v) is 5.56. The van der Waals surface area contributed by atoms with Crippen molar-refractivity contribution in [1.82, 2.24) is 4.98 Å². The molecule has 0 bridgehead atoms. The molecule has 4 heteroatoms. The summed E-state index contributed by atoms with van der Waals surface area (Å²) in [6, 6.07) is 9.36. The van der Waals surface area contributed by atoms with Crippen LogP contribution < -0.4 is 10.3 Å². The molecule has 1 heterocycles. The first-order chi connectivity index (χ1) is 8.72. The number of rotatable bonds is 1. The van der Waals surface area contributed by atoms with E-state index in [0.29, 0.717) is 0 Å². The van der Waals surface area contributed by atoms with E-state index in [1.807, 2.05) is 24.3 Å². The Morgan fingerprint density at radius 1 is 1.33 bits per heavy atom. The molecule has 0 radical (unpaired) electrons. The maximum atomic E-state index is 11.7. The summed E-state index contributed by atoms with van der Waals surface area (Å²) in [7, 11) is 1.61. The summed E-state index contributed by atoms with van der Waals surface area (Å²) in [5, 5.41) is 8.86. The third kappa shape index (κ3) is 1.41. The van der Waals surface area contributed by atoms with E-state index in [0.717, 1.165) is 34.6 Å². The highest BCUT2D eigenvalue weighted by atomic mass is 16.5. The van der Waals surface area contributed by atoms with Crippen molar-refractivity contribution in [2.75, 3.05) is 7.11 Å². The molecule has 0 spiro atoms. The zero-order valence-corrected chi connectivity index (χ0v) is 9.78. The van der Waals surface area contributed by atoms with Gasteiger partial charge in [0, 0.05) is 12.0 Å². The quantitative estimate of drug-likeness (QED) is 0.703. The van der Waals surface area contributed by atoms with Crippen molar-refractivity contribution in [1.29, 1.82) is 5.26 Å². The molecule has 0 saturated heterocycles. The van der Waals surface area contributed by atoms with Gasteiger partial charge in [-0.25, -0.2) is 0 Å². The van der Waals surface area contributed by atoms with E-state index in [-0.39, 0.29) is 11.1 Å². The van der Waals surface area contributed by atoms with Crippen molar-refractivity contribution in [3.63, 3.8) is 0 Å². The molecule has 0 fully saturated rings. The summed E-state index contributed by atoms with van der Waals surface area (Å²) in [6.07, 6.45) is 0.736. The molecule has 1 N–H and O–H groups in total. The average Bonchev–Trinajstić information content (AvgIpc) is 2.74. The number of H-pyrrole nitrogens is 1. The number of hydrogen-bond acceptors (Lipinski definition) is 3. The lowest BCUT2D eigenvalue weighted by Gasteiger charge is -2.04. The maximum absolute atomic E-state index is 11.7. The second-order valence-electron chi connectivity index (χ2n) is 4.22. The van der Waals surface area contributed by atoms with Gasteiger partial charge in [-0.2, -0.15) is 5.26 Å². The Morgan fingerprint density at radius 2 is 2.17 bits per heavy atom. The number of benzene rings is 1. The fourth-order valence-electron chi connectivity index (χ4n) is 2.31. The highest BCUT2D eigenvalue weighted by Gasteiger charge is 2.21. The Labute approximate surface area is 103 Å². The van der Waals surface area contributed by atoms with E-state index in [9.17, 15) is 4.79 Å². The molecule has 0 aliphatic heterocycles. The van der Waals surface area contributed by atoms with Crippen molar-refractivity contribution >= 4 is 0 Å². The molecule has 88 valence electrons. The first kappa shape index (κ1) is 10.6.